The van der Waals surface area contributed by atoms with Gasteiger partial charge in [0.2, 0.25) is 0 Å². The maximum Gasteiger partial charge on any atom is 0.258 e. The molecule has 0 radical (unpaired) electrons. The Kier molecular flexibility index (Phi) is 4.32. The van der Waals surface area contributed by atoms with Crippen molar-refractivity contribution < 1.29 is 13.9 Å². The quantitative estimate of drug-likeness (QED) is 0.843. The van der Waals surface area contributed by atoms with Gasteiger partial charge in [0.15, 0.2) is 0 Å². The first kappa shape index (κ1) is 14.0. The summed E-state index contributed by atoms with van der Waals surface area (Å²) in [5, 5.41) is 2.64. The molecule has 2 aromatic rings. The lowest BCUT2D eigenvalue weighted by atomic mass is 10.1. The minimum atomic E-state index is -0.607. The number of nitrogens with two attached hydrogens (primary N) is 1. The molecule has 1 amide bonds. The lowest BCUT2D eigenvalue weighted by molar-refractivity contribution is 0.102. The van der Waals surface area contributed by atoms with Gasteiger partial charge in [-0.1, -0.05) is 12.1 Å². The maximum absolute atomic E-state index is 13.6. The summed E-state index contributed by atoms with van der Waals surface area (Å²) >= 11 is 0. The zero-order valence-corrected chi connectivity index (χ0v) is 11.0. The van der Waals surface area contributed by atoms with Gasteiger partial charge in [-0.2, -0.15) is 0 Å². The molecule has 20 heavy (non-hydrogen) atoms. The summed E-state index contributed by atoms with van der Waals surface area (Å²) in [6.07, 6.45) is 0. The third kappa shape index (κ3) is 3.33. The van der Waals surface area contributed by atoms with Gasteiger partial charge >= 0.3 is 0 Å². The lowest BCUT2D eigenvalue weighted by Crippen LogP contribution is -2.14. The molecule has 0 unspecified atom stereocenters. The Labute approximate surface area is 116 Å². The van der Waals surface area contributed by atoms with E-state index in [1.54, 1.807) is 25.3 Å². The minimum absolute atomic E-state index is 0.0813. The van der Waals surface area contributed by atoms with Gasteiger partial charge in [0.25, 0.3) is 5.91 Å². The van der Waals surface area contributed by atoms with Crippen LogP contribution in [0.1, 0.15) is 15.9 Å². The largest absolute Gasteiger partial charge is 0.399 e. The van der Waals surface area contributed by atoms with Crippen molar-refractivity contribution in [2.45, 2.75) is 6.61 Å². The third-order valence-electron chi connectivity index (χ3n) is 2.73. The van der Waals surface area contributed by atoms with E-state index in [9.17, 15) is 9.18 Å². The van der Waals surface area contributed by atoms with Crippen molar-refractivity contribution in [2.75, 3.05) is 18.2 Å². The van der Waals surface area contributed by atoms with E-state index in [1.165, 1.54) is 18.2 Å². The zero-order valence-electron chi connectivity index (χ0n) is 11.0. The third-order valence-corrected chi connectivity index (χ3v) is 2.73. The van der Waals surface area contributed by atoms with Gasteiger partial charge in [-0.05, 0) is 35.9 Å². The standard InChI is InChI=1S/C15H15FN2O2/c1-20-9-10-3-2-4-12(7-10)18-15(19)13-8-11(17)5-6-14(13)16/h2-8H,9,17H2,1H3,(H,18,19). The van der Waals surface area contributed by atoms with Gasteiger partial charge in [0.05, 0.1) is 12.2 Å². The molecule has 3 N–H and O–H groups in total. The van der Waals surface area contributed by atoms with E-state index in [0.29, 0.717) is 18.0 Å². The minimum Gasteiger partial charge on any atom is -0.399 e. The SMILES string of the molecule is COCc1cccc(NC(=O)c2cc(N)ccc2F)c1. The fourth-order valence-electron chi connectivity index (χ4n) is 1.82. The van der Waals surface area contributed by atoms with Gasteiger partial charge < -0.3 is 15.8 Å². The molecule has 0 heterocycles. The van der Waals surface area contributed by atoms with Gasteiger partial charge in [-0.15, -0.1) is 0 Å². The second kappa shape index (κ2) is 6.16. The van der Waals surface area contributed by atoms with Crippen LogP contribution in [-0.4, -0.2) is 13.0 Å². The monoisotopic (exact) mass is 274 g/mol. The topological polar surface area (TPSA) is 64.3 Å². The molecule has 4 nitrogen and oxygen atoms in total. The fourth-order valence-corrected chi connectivity index (χ4v) is 1.82. The summed E-state index contributed by atoms with van der Waals surface area (Å²) in [6, 6.07) is 11.0. The fraction of sp³-hybridized carbons (Fsp3) is 0.133. The summed E-state index contributed by atoms with van der Waals surface area (Å²) < 4.78 is 18.6. The van der Waals surface area contributed by atoms with Gasteiger partial charge in [-0.25, -0.2) is 4.39 Å². The van der Waals surface area contributed by atoms with Crippen LogP contribution in [0.4, 0.5) is 15.8 Å². The smallest absolute Gasteiger partial charge is 0.258 e. The van der Waals surface area contributed by atoms with Crippen molar-refractivity contribution in [2.24, 2.45) is 0 Å². The Bertz CT molecular complexity index is 629. The molecule has 0 aliphatic rings. The van der Waals surface area contributed by atoms with E-state index >= 15 is 0 Å². The Morgan fingerprint density at radius 3 is 2.85 bits per heavy atom. The van der Waals surface area contributed by atoms with Crippen molar-refractivity contribution in [3.63, 3.8) is 0 Å². The first-order valence-electron chi connectivity index (χ1n) is 6.04. The molecule has 0 spiro atoms. The molecule has 2 aromatic carbocycles. The number of benzene rings is 2. The molecular weight excluding hydrogens is 259 g/mol. The van der Waals surface area contributed by atoms with Crippen molar-refractivity contribution in [1.82, 2.24) is 0 Å². The van der Waals surface area contributed by atoms with Crippen LogP contribution in [0.2, 0.25) is 0 Å². The van der Waals surface area contributed by atoms with Crippen molar-refractivity contribution in [1.29, 1.82) is 0 Å². The van der Waals surface area contributed by atoms with E-state index in [0.717, 1.165) is 5.56 Å². The number of carbonyl (C=O) groups is 1. The Morgan fingerprint density at radius 2 is 2.10 bits per heavy atom. The molecule has 0 aliphatic heterocycles. The lowest BCUT2D eigenvalue weighted by Gasteiger charge is -2.08. The highest BCUT2D eigenvalue weighted by molar-refractivity contribution is 6.05. The van der Waals surface area contributed by atoms with Crippen LogP contribution in [0.5, 0.6) is 0 Å². The van der Waals surface area contributed by atoms with Crippen LogP contribution >= 0.6 is 0 Å². The zero-order chi connectivity index (χ0) is 14.5. The van der Waals surface area contributed by atoms with Crippen molar-refractivity contribution in [3.05, 3.63) is 59.4 Å². The van der Waals surface area contributed by atoms with Crippen LogP contribution in [-0.2, 0) is 11.3 Å². The molecule has 0 aliphatic carbocycles. The summed E-state index contributed by atoms with van der Waals surface area (Å²) in [5.74, 6) is -1.14. The molecule has 0 saturated heterocycles. The molecule has 2 rings (SSSR count). The number of ether oxygens (including phenoxy) is 1. The number of methoxy groups -OCH3 is 1. The predicted molar refractivity (Wildman–Crippen MR) is 75.9 cm³/mol. The van der Waals surface area contributed by atoms with Gasteiger partial charge in [0, 0.05) is 18.5 Å². The number of nitrogens with one attached hydrogen (secondary N) is 1. The second-order valence-corrected chi connectivity index (χ2v) is 4.33. The average molecular weight is 274 g/mol. The number of hydrogen-bond acceptors (Lipinski definition) is 3. The van der Waals surface area contributed by atoms with E-state index in [1.807, 2.05) is 6.07 Å². The number of nitrogen functional groups attached to an aromatic ring is 1. The maximum atomic E-state index is 13.6. The molecule has 5 heteroatoms. The molecule has 0 fully saturated rings. The molecule has 0 aromatic heterocycles. The van der Waals surface area contributed by atoms with E-state index in [4.69, 9.17) is 10.5 Å². The second-order valence-electron chi connectivity index (χ2n) is 4.33. The number of carbonyl (C=O) groups excluding carboxylic acids is 1. The highest BCUT2D eigenvalue weighted by Gasteiger charge is 2.12. The number of amides is 1. The van der Waals surface area contributed by atoms with E-state index in [2.05, 4.69) is 5.32 Å². The molecule has 104 valence electrons. The van der Waals surface area contributed by atoms with Crippen LogP contribution in [0, 0.1) is 5.82 Å². The van der Waals surface area contributed by atoms with Crippen LogP contribution in [0.25, 0.3) is 0 Å². The van der Waals surface area contributed by atoms with Crippen molar-refractivity contribution >= 4 is 17.3 Å². The number of hydrogen-bond donors (Lipinski definition) is 2. The van der Waals surface area contributed by atoms with Gasteiger partial charge in [0.1, 0.15) is 5.82 Å². The first-order chi connectivity index (χ1) is 9.60. The Morgan fingerprint density at radius 1 is 1.30 bits per heavy atom. The molecule has 0 bridgehead atoms. The molecular formula is C15H15FN2O2. The highest BCUT2D eigenvalue weighted by atomic mass is 19.1. The summed E-state index contributed by atoms with van der Waals surface area (Å²) in [5.41, 5.74) is 7.31. The normalized spacial score (nSPS) is 10.3. The Balaban J connectivity index is 2.19. The molecule has 0 saturated carbocycles. The summed E-state index contributed by atoms with van der Waals surface area (Å²) in [4.78, 5) is 12.0. The van der Waals surface area contributed by atoms with Gasteiger partial charge in [-0.3, -0.25) is 4.79 Å². The van der Waals surface area contributed by atoms with E-state index < -0.39 is 11.7 Å². The predicted octanol–water partition coefficient (Wildman–Crippen LogP) is 2.81. The van der Waals surface area contributed by atoms with Crippen LogP contribution in [0.3, 0.4) is 0 Å². The number of rotatable bonds is 4. The summed E-state index contributed by atoms with van der Waals surface area (Å²) in [7, 11) is 1.59. The number of anilines is 2. The van der Waals surface area contributed by atoms with Crippen molar-refractivity contribution in [3.8, 4) is 0 Å². The van der Waals surface area contributed by atoms with E-state index in [-0.39, 0.29) is 5.56 Å². The Hall–Kier alpha value is -2.40. The number of halogens is 1. The first-order valence-corrected chi connectivity index (χ1v) is 6.04. The summed E-state index contributed by atoms with van der Waals surface area (Å²) in [6.45, 7) is 0.441. The highest BCUT2D eigenvalue weighted by Crippen LogP contribution is 2.16. The average Bonchev–Trinajstić information content (AvgIpc) is 2.42. The van der Waals surface area contributed by atoms with Crippen LogP contribution < -0.4 is 11.1 Å². The molecule has 0 atom stereocenters. The van der Waals surface area contributed by atoms with Crippen LogP contribution in [0.15, 0.2) is 42.5 Å².